The summed E-state index contributed by atoms with van der Waals surface area (Å²) in [7, 11) is 0. The molecule has 0 aromatic carbocycles. The molecule has 0 heterocycles. The van der Waals surface area contributed by atoms with E-state index in [0.29, 0.717) is 0 Å². The van der Waals surface area contributed by atoms with Crippen LogP contribution in [-0.4, -0.2) is 11.4 Å². The van der Waals surface area contributed by atoms with Gasteiger partial charge in [0.05, 0.1) is 6.10 Å². The minimum absolute atomic E-state index is 0.116. The average molecular weight is 87.1 g/mol. The number of hydrogen-bond donors (Lipinski definition) is 1. The third kappa shape index (κ3) is 0.533. The van der Waals surface area contributed by atoms with Crippen molar-refractivity contribution in [3.63, 3.8) is 0 Å². The molecule has 0 saturated heterocycles. The minimum atomic E-state index is 0.116. The lowest BCUT2D eigenvalue weighted by Gasteiger charge is -2.20. The average Bonchev–Trinajstić information content (AvgIpc) is 1.31. The summed E-state index contributed by atoms with van der Waals surface area (Å²) in [6.45, 7) is 0. The third-order valence-corrected chi connectivity index (χ3v) is 1.01. The first-order chi connectivity index (χ1) is 2.93. The van der Waals surface area contributed by atoms with E-state index >= 15 is 0 Å². The van der Waals surface area contributed by atoms with Gasteiger partial charge in [-0.2, -0.15) is 0 Å². The van der Waals surface area contributed by atoms with E-state index in [0.717, 1.165) is 12.8 Å². The van der Waals surface area contributed by atoms with Gasteiger partial charge in [-0.1, -0.05) is 0 Å². The van der Waals surface area contributed by atoms with Crippen LogP contribution in [0.4, 0.5) is 0 Å². The molecule has 1 radical (unpaired) electrons. The Morgan fingerprint density at radius 3 is 2.33 bits per heavy atom. The van der Waals surface area contributed by atoms with Crippen molar-refractivity contribution in [1.82, 2.24) is 0 Å². The van der Waals surface area contributed by atoms with Crippen molar-refractivity contribution in [2.75, 3.05) is 0 Å². The van der Waals surface area contributed by atoms with Crippen LogP contribution in [0, 0.1) is 6.42 Å². The van der Waals surface area contributed by atoms with Gasteiger partial charge in [-0.05, 0) is 19.3 Å². The van der Waals surface area contributed by atoms with Crippen molar-refractivity contribution in [2.24, 2.45) is 0 Å². The molecule has 1 aliphatic carbocycles. The van der Waals surface area contributed by atoms with E-state index in [1.54, 1.807) is 0 Å². The molecule has 0 aromatic heterocycles. The molecule has 2 nitrogen and oxygen atoms in total. The maximum absolute atomic E-state index is 7.87. The number of rotatable bonds is 1. The first-order valence-corrected chi connectivity index (χ1v) is 2.05. The maximum atomic E-state index is 7.87. The Labute approximate surface area is 36.7 Å². The van der Waals surface area contributed by atoms with Gasteiger partial charge >= 0.3 is 0 Å². The summed E-state index contributed by atoms with van der Waals surface area (Å²) in [6, 6.07) is 0. The summed E-state index contributed by atoms with van der Waals surface area (Å²) in [5.41, 5.74) is 0. The summed E-state index contributed by atoms with van der Waals surface area (Å²) in [5.74, 6) is 0. The molecular formula is C4H7O2. The summed E-state index contributed by atoms with van der Waals surface area (Å²) >= 11 is 0. The fourth-order valence-electron chi connectivity index (χ4n) is 0.389. The van der Waals surface area contributed by atoms with Crippen molar-refractivity contribution >= 4 is 0 Å². The predicted octanol–water partition coefficient (Wildman–Crippen LogP) is 0.843. The quantitative estimate of drug-likeness (QED) is 0.379. The van der Waals surface area contributed by atoms with Gasteiger partial charge in [-0.15, -0.1) is 0 Å². The Kier molecular flexibility index (Phi) is 1.08. The monoisotopic (exact) mass is 87.0 g/mol. The summed E-state index contributed by atoms with van der Waals surface area (Å²) in [6.07, 6.45) is 4.01. The molecule has 0 bridgehead atoms. The molecular weight excluding hydrogens is 80.0 g/mol. The van der Waals surface area contributed by atoms with Gasteiger partial charge in [0.1, 0.15) is 0 Å². The predicted molar refractivity (Wildman–Crippen MR) is 21.0 cm³/mol. The van der Waals surface area contributed by atoms with Gasteiger partial charge in [0, 0.05) is 0 Å². The van der Waals surface area contributed by atoms with Crippen LogP contribution in [-0.2, 0) is 4.89 Å². The van der Waals surface area contributed by atoms with E-state index in [9.17, 15) is 0 Å². The summed E-state index contributed by atoms with van der Waals surface area (Å²) in [4.78, 5) is 3.95. The molecule has 35 valence electrons. The van der Waals surface area contributed by atoms with Crippen LogP contribution in [0.2, 0.25) is 0 Å². The van der Waals surface area contributed by atoms with Crippen molar-refractivity contribution < 1.29 is 10.1 Å². The Hall–Kier alpha value is -0.0800. The van der Waals surface area contributed by atoms with Gasteiger partial charge in [0.15, 0.2) is 0 Å². The second kappa shape index (κ2) is 1.58. The van der Waals surface area contributed by atoms with Crippen molar-refractivity contribution in [1.29, 1.82) is 0 Å². The van der Waals surface area contributed by atoms with Gasteiger partial charge < -0.3 is 0 Å². The third-order valence-electron chi connectivity index (χ3n) is 1.01. The molecule has 0 spiro atoms. The maximum Gasteiger partial charge on any atom is 0.0932 e. The van der Waals surface area contributed by atoms with Gasteiger partial charge in [-0.25, -0.2) is 4.89 Å². The van der Waals surface area contributed by atoms with Crippen LogP contribution in [0.25, 0.3) is 0 Å². The largest absolute Gasteiger partial charge is 0.252 e. The fraction of sp³-hybridized carbons (Fsp3) is 0.750. The fourth-order valence-corrected chi connectivity index (χ4v) is 0.389. The summed E-state index contributed by atoms with van der Waals surface area (Å²) in [5, 5.41) is 7.87. The van der Waals surface area contributed by atoms with Crippen molar-refractivity contribution in [3.05, 3.63) is 6.42 Å². The molecule has 0 aliphatic heterocycles. The van der Waals surface area contributed by atoms with Crippen molar-refractivity contribution in [3.8, 4) is 0 Å². The van der Waals surface area contributed by atoms with E-state index < -0.39 is 0 Å². The van der Waals surface area contributed by atoms with Crippen LogP contribution in [0.15, 0.2) is 0 Å². The molecule has 2 heteroatoms. The van der Waals surface area contributed by atoms with Gasteiger partial charge in [0.25, 0.3) is 0 Å². The van der Waals surface area contributed by atoms with E-state index in [4.69, 9.17) is 5.26 Å². The van der Waals surface area contributed by atoms with Gasteiger partial charge in [0.2, 0.25) is 0 Å². The van der Waals surface area contributed by atoms with Crippen LogP contribution in [0.1, 0.15) is 12.8 Å². The van der Waals surface area contributed by atoms with Crippen LogP contribution < -0.4 is 0 Å². The van der Waals surface area contributed by atoms with Crippen LogP contribution in [0.3, 0.4) is 0 Å². The highest BCUT2D eigenvalue weighted by molar-refractivity contribution is 4.85. The highest BCUT2D eigenvalue weighted by Crippen LogP contribution is 2.18. The lowest BCUT2D eigenvalue weighted by atomic mass is 9.97. The Balaban J connectivity index is 2.01. The SMILES string of the molecule is OOC1C[CH]C1. The lowest BCUT2D eigenvalue weighted by Crippen LogP contribution is -2.20. The zero-order valence-corrected chi connectivity index (χ0v) is 3.42. The number of hydrogen-bond acceptors (Lipinski definition) is 2. The molecule has 0 unspecified atom stereocenters. The second-order valence-corrected chi connectivity index (χ2v) is 1.49. The molecule has 6 heavy (non-hydrogen) atoms. The van der Waals surface area contributed by atoms with E-state index in [2.05, 4.69) is 11.3 Å². The molecule has 1 N–H and O–H groups in total. The first-order valence-electron chi connectivity index (χ1n) is 2.05. The van der Waals surface area contributed by atoms with E-state index in [-0.39, 0.29) is 6.10 Å². The van der Waals surface area contributed by atoms with E-state index in [1.807, 2.05) is 0 Å². The zero-order chi connectivity index (χ0) is 4.41. The molecule has 0 amide bonds. The molecule has 1 saturated carbocycles. The Morgan fingerprint density at radius 1 is 1.67 bits per heavy atom. The zero-order valence-electron chi connectivity index (χ0n) is 3.42. The minimum Gasteiger partial charge on any atom is -0.252 e. The molecule has 1 fully saturated rings. The summed E-state index contributed by atoms with van der Waals surface area (Å²) < 4.78 is 0. The molecule has 1 rings (SSSR count). The van der Waals surface area contributed by atoms with Crippen molar-refractivity contribution in [2.45, 2.75) is 18.9 Å². The first kappa shape index (κ1) is 4.09. The molecule has 0 atom stereocenters. The normalized spacial score (nSPS) is 23.5. The highest BCUT2D eigenvalue weighted by atomic mass is 17.1. The molecule has 1 aliphatic rings. The van der Waals surface area contributed by atoms with E-state index in [1.165, 1.54) is 0 Å². The smallest absolute Gasteiger partial charge is 0.0932 e. The standard InChI is InChI=1S/C4H7O2/c5-6-4-2-1-3-4/h1,4-5H,2-3H2. The van der Waals surface area contributed by atoms with Crippen LogP contribution >= 0.6 is 0 Å². The Morgan fingerprint density at radius 2 is 2.33 bits per heavy atom. The molecule has 0 aromatic rings. The topological polar surface area (TPSA) is 29.5 Å². The van der Waals surface area contributed by atoms with Gasteiger partial charge in [-0.3, -0.25) is 5.26 Å². The van der Waals surface area contributed by atoms with Crippen LogP contribution in [0.5, 0.6) is 0 Å². The lowest BCUT2D eigenvalue weighted by molar-refractivity contribution is -0.287. The second-order valence-electron chi connectivity index (χ2n) is 1.49. The Bertz CT molecular complexity index is 38.1. The highest BCUT2D eigenvalue weighted by Gasteiger charge is 2.17.